The minimum atomic E-state index is -0.268. The molecule has 25 heavy (non-hydrogen) atoms. The summed E-state index contributed by atoms with van der Waals surface area (Å²) in [5.74, 6) is 0. The van der Waals surface area contributed by atoms with Crippen LogP contribution in [0.25, 0.3) is 0 Å². The average molecular weight is 367 g/mol. The van der Waals surface area contributed by atoms with Crippen LogP contribution in [0.1, 0.15) is 38.8 Å². The van der Waals surface area contributed by atoms with E-state index in [2.05, 4.69) is 88.4 Å². The molecule has 1 spiro atoms. The van der Waals surface area contributed by atoms with Crippen LogP contribution in [-0.2, 0) is 0 Å². The molecule has 0 atom stereocenters. The van der Waals surface area contributed by atoms with E-state index in [1.54, 1.807) is 0 Å². The zero-order valence-corrected chi connectivity index (χ0v) is 16.6. The molecule has 0 amide bonds. The molecule has 4 rings (SSSR count). The maximum atomic E-state index is 5.15. The molecular weight excluding hydrogens is 344 g/mol. The van der Waals surface area contributed by atoms with Gasteiger partial charge in [0.1, 0.15) is 9.74 Å². The van der Waals surface area contributed by atoms with Crippen molar-refractivity contribution in [1.82, 2.24) is 0 Å². The minimum absolute atomic E-state index is 0.172. The summed E-state index contributed by atoms with van der Waals surface area (Å²) in [5, 5.41) is 0. The Morgan fingerprint density at radius 1 is 0.600 bits per heavy atom. The number of nitrogens with zero attached hydrogens (tertiary/aromatic N) is 2. The van der Waals surface area contributed by atoms with Crippen molar-refractivity contribution in [3.05, 3.63) is 71.8 Å². The van der Waals surface area contributed by atoms with Gasteiger partial charge >= 0.3 is 0 Å². The first-order valence-electron chi connectivity index (χ1n) is 8.53. The number of aliphatic imine (C=N–C) groups is 2. The first-order chi connectivity index (χ1) is 11.8. The maximum absolute atomic E-state index is 5.15. The molecule has 2 aliphatic heterocycles. The van der Waals surface area contributed by atoms with Crippen molar-refractivity contribution in [3.63, 3.8) is 0 Å². The van der Waals surface area contributed by atoms with Gasteiger partial charge in [0.15, 0.2) is 4.08 Å². The number of hydrogen-bond donors (Lipinski definition) is 0. The summed E-state index contributed by atoms with van der Waals surface area (Å²) in [6, 6.07) is 21.1. The van der Waals surface area contributed by atoms with Crippen LogP contribution in [0.5, 0.6) is 0 Å². The highest BCUT2D eigenvalue weighted by atomic mass is 32.2. The highest BCUT2D eigenvalue weighted by molar-refractivity contribution is 8.22. The highest BCUT2D eigenvalue weighted by Crippen LogP contribution is 2.61. The molecule has 2 aromatic carbocycles. The second-order valence-electron chi connectivity index (χ2n) is 7.37. The quantitative estimate of drug-likeness (QED) is 0.688. The van der Waals surface area contributed by atoms with Crippen molar-refractivity contribution in [1.29, 1.82) is 0 Å². The van der Waals surface area contributed by atoms with Crippen molar-refractivity contribution in [3.8, 4) is 0 Å². The predicted octanol–water partition coefficient (Wildman–Crippen LogP) is 5.63. The Kier molecular flexibility index (Phi) is 3.89. The fourth-order valence-electron chi connectivity index (χ4n) is 3.46. The summed E-state index contributed by atoms with van der Waals surface area (Å²) in [6.45, 7) is 8.79. The second kappa shape index (κ2) is 5.75. The molecule has 0 saturated carbocycles. The van der Waals surface area contributed by atoms with E-state index in [1.165, 1.54) is 11.1 Å². The Bertz CT molecular complexity index is 778. The molecule has 2 heterocycles. The van der Waals surface area contributed by atoms with Crippen LogP contribution in [0.4, 0.5) is 0 Å². The molecule has 0 unspecified atom stereocenters. The van der Waals surface area contributed by atoms with Gasteiger partial charge in [-0.25, -0.2) is 0 Å². The predicted molar refractivity (Wildman–Crippen MR) is 112 cm³/mol. The van der Waals surface area contributed by atoms with Crippen molar-refractivity contribution in [2.45, 2.75) is 41.5 Å². The molecule has 0 N–H and O–H groups in total. The van der Waals surface area contributed by atoms with E-state index in [-0.39, 0.29) is 13.8 Å². The van der Waals surface area contributed by atoms with E-state index in [9.17, 15) is 0 Å². The lowest BCUT2D eigenvalue weighted by Crippen LogP contribution is -2.37. The summed E-state index contributed by atoms with van der Waals surface area (Å²) in [7, 11) is 0. The number of thioether (sulfide) groups is 2. The van der Waals surface area contributed by atoms with Crippen LogP contribution >= 0.6 is 23.5 Å². The Hall–Kier alpha value is -1.52. The van der Waals surface area contributed by atoms with Gasteiger partial charge in [0.25, 0.3) is 0 Å². The first-order valence-corrected chi connectivity index (χ1v) is 10.2. The van der Waals surface area contributed by atoms with Gasteiger partial charge in [-0.2, -0.15) is 0 Å². The van der Waals surface area contributed by atoms with E-state index in [0.717, 1.165) is 11.4 Å². The van der Waals surface area contributed by atoms with Gasteiger partial charge in [0.05, 0.1) is 11.4 Å². The summed E-state index contributed by atoms with van der Waals surface area (Å²) < 4.78 is -0.268. The molecule has 2 aromatic rings. The number of benzene rings is 2. The van der Waals surface area contributed by atoms with Crippen molar-refractivity contribution >= 4 is 34.9 Å². The SMILES string of the molecule is CC1(C)N=C(c2ccccc2)C2(S1)SC(C)(C)N=C2c1ccccc1. The van der Waals surface area contributed by atoms with Crippen LogP contribution < -0.4 is 0 Å². The molecule has 0 aromatic heterocycles. The molecule has 0 fully saturated rings. The largest absolute Gasteiger partial charge is 0.269 e. The van der Waals surface area contributed by atoms with E-state index in [0.29, 0.717) is 0 Å². The number of rotatable bonds is 2. The fraction of sp³-hybridized carbons (Fsp3) is 0.333. The van der Waals surface area contributed by atoms with Gasteiger partial charge in [0.2, 0.25) is 0 Å². The first kappa shape index (κ1) is 16.9. The molecule has 0 aliphatic carbocycles. The minimum Gasteiger partial charge on any atom is -0.269 e. The van der Waals surface area contributed by atoms with Gasteiger partial charge < -0.3 is 0 Å². The Morgan fingerprint density at radius 2 is 0.960 bits per heavy atom. The number of hydrogen-bond acceptors (Lipinski definition) is 4. The molecule has 0 saturated heterocycles. The molecule has 0 bridgehead atoms. The lowest BCUT2D eigenvalue weighted by Gasteiger charge is -2.30. The van der Waals surface area contributed by atoms with E-state index in [1.807, 2.05) is 23.5 Å². The fourth-order valence-corrected chi connectivity index (χ4v) is 7.57. The van der Waals surface area contributed by atoms with Crippen LogP contribution in [0.3, 0.4) is 0 Å². The molecular formula is C21H22N2S2. The molecule has 4 heteroatoms. The molecule has 128 valence electrons. The average Bonchev–Trinajstić information content (AvgIpc) is 3.00. The monoisotopic (exact) mass is 366 g/mol. The summed E-state index contributed by atoms with van der Waals surface area (Å²) in [6.07, 6.45) is 0. The zero-order valence-electron chi connectivity index (χ0n) is 15.0. The van der Waals surface area contributed by atoms with Gasteiger partial charge in [0, 0.05) is 0 Å². The smallest absolute Gasteiger partial charge is 0.150 e. The van der Waals surface area contributed by atoms with Crippen LogP contribution in [0, 0.1) is 0 Å². The van der Waals surface area contributed by atoms with E-state index < -0.39 is 0 Å². The highest BCUT2D eigenvalue weighted by Gasteiger charge is 2.58. The summed E-state index contributed by atoms with van der Waals surface area (Å²) in [4.78, 5) is 9.95. The van der Waals surface area contributed by atoms with Crippen molar-refractivity contribution < 1.29 is 0 Å². The lowest BCUT2D eigenvalue weighted by atomic mass is 9.98. The van der Waals surface area contributed by atoms with E-state index in [4.69, 9.17) is 9.98 Å². The molecule has 2 aliphatic rings. The maximum Gasteiger partial charge on any atom is 0.150 e. The Balaban J connectivity index is 1.92. The molecule has 0 radical (unpaired) electrons. The van der Waals surface area contributed by atoms with Gasteiger partial charge in [-0.3, -0.25) is 9.98 Å². The van der Waals surface area contributed by atoms with Gasteiger partial charge in [-0.1, -0.05) is 60.7 Å². The topological polar surface area (TPSA) is 24.7 Å². The Labute approximate surface area is 158 Å². The lowest BCUT2D eigenvalue weighted by molar-refractivity contribution is 0.773. The van der Waals surface area contributed by atoms with Crippen molar-refractivity contribution in [2.75, 3.05) is 0 Å². The van der Waals surface area contributed by atoms with E-state index >= 15 is 0 Å². The third-order valence-corrected chi connectivity index (χ3v) is 7.30. The normalized spacial score (nSPS) is 22.7. The second-order valence-corrected chi connectivity index (χ2v) is 11.3. The Morgan fingerprint density at radius 3 is 1.32 bits per heavy atom. The summed E-state index contributed by atoms with van der Waals surface area (Å²) >= 11 is 3.83. The van der Waals surface area contributed by atoms with Crippen LogP contribution in [0.2, 0.25) is 0 Å². The van der Waals surface area contributed by atoms with Gasteiger partial charge in [-0.05, 0) is 38.8 Å². The summed E-state index contributed by atoms with van der Waals surface area (Å²) in [5.41, 5.74) is 4.66. The third-order valence-electron chi connectivity index (χ3n) is 4.27. The van der Waals surface area contributed by atoms with Crippen molar-refractivity contribution in [2.24, 2.45) is 9.98 Å². The standard InChI is InChI=1S/C21H22N2S2/c1-19(2)22-17(15-11-7-5-8-12-15)21(24-19)18(23-20(3,4)25-21)16-13-9-6-10-14-16/h5-14H,1-4H3. The molecule has 2 nitrogen and oxygen atoms in total. The van der Waals surface area contributed by atoms with Crippen LogP contribution in [0.15, 0.2) is 70.6 Å². The zero-order chi connectivity index (χ0) is 17.7. The van der Waals surface area contributed by atoms with Gasteiger partial charge in [-0.15, -0.1) is 23.5 Å². The third kappa shape index (κ3) is 2.96. The van der Waals surface area contributed by atoms with Crippen LogP contribution in [-0.4, -0.2) is 25.2 Å².